The van der Waals surface area contributed by atoms with Crippen molar-refractivity contribution in [3.05, 3.63) is 28.8 Å². The number of β-amino-alcohol motifs (C(OH)–C–C–N with tert-alkyl or cyclic N) is 1. The van der Waals surface area contributed by atoms with Gasteiger partial charge in [-0.25, -0.2) is 4.79 Å². The van der Waals surface area contributed by atoms with E-state index in [0.717, 1.165) is 25.9 Å². The number of aliphatic hydroxyl groups excluding tert-OH is 1. The summed E-state index contributed by atoms with van der Waals surface area (Å²) < 4.78 is 0. The Hall–Kier alpha value is -1.81. The van der Waals surface area contributed by atoms with Crippen LogP contribution in [0.3, 0.4) is 0 Å². The molecule has 1 aromatic rings. The SMILES string of the molecule is N#Cc1ccc(NC(=O)N2C[C@@H](O)[C@H](N3CCCC3)C2)cc1Cl. The molecule has 2 aliphatic rings. The lowest BCUT2D eigenvalue weighted by atomic mass is 10.2. The van der Waals surface area contributed by atoms with Crippen LogP contribution in [-0.2, 0) is 0 Å². The Morgan fingerprint density at radius 1 is 1.35 bits per heavy atom. The summed E-state index contributed by atoms with van der Waals surface area (Å²) in [6.45, 7) is 2.83. The second-order valence-corrected chi connectivity index (χ2v) is 6.43. The number of carbonyl (C=O) groups is 1. The Morgan fingerprint density at radius 2 is 2.09 bits per heavy atom. The van der Waals surface area contributed by atoms with Gasteiger partial charge in [0.2, 0.25) is 0 Å². The van der Waals surface area contributed by atoms with Crippen LogP contribution in [0.2, 0.25) is 5.02 Å². The normalized spacial score (nSPS) is 24.7. The number of hydrogen-bond donors (Lipinski definition) is 2. The van der Waals surface area contributed by atoms with Gasteiger partial charge in [0.25, 0.3) is 0 Å². The topological polar surface area (TPSA) is 79.6 Å². The minimum Gasteiger partial charge on any atom is -0.390 e. The van der Waals surface area contributed by atoms with Crippen molar-refractivity contribution in [3.8, 4) is 6.07 Å². The van der Waals surface area contributed by atoms with Gasteiger partial charge in [-0.2, -0.15) is 5.26 Å². The third-order valence-electron chi connectivity index (χ3n) is 4.50. The summed E-state index contributed by atoms with van der Waals surface area (Å²) in [7, 11) is 0. The summed E-state index contributed by atoms with van der Waals surface area (Å²) in [6.07, 6.45) is 1.79. The molecule has 2 N–H and O–H groups in total. The first-order chi connectivity index (χ1) is 11.1. The zero-order valence-corrected chi connectivity index (χ0v) is 13.5. The first kappa shape index (κ1) is 16.1. The Kier molecular flexibility index (Phi) is 4.71. The fourth-order valence-corrected chi connectivity index (χ4v) is 3.48. The molecule has 0 bridgehead atoms. The molecule has 7 heteroatoms. The molecule has 2 amide bonds. The van der Waals surface area contributed by atoms with Gasteiger partial charge in [-0.15, -0.1) is 0 Å². The molecule has 2 heterocycles. The Balaban J connectivity index is 1.62. The van der Waals surface area contributed by atoms with E-state index in [4.69, 9.17) is 16.9 Å². The number of aliphatic hydroxyl groups is 1. The number of carbonyl (C=O) groups excluding carboxylic acids is 1. The van der Waals surface area contributed by atoms with Crippen LogP contribution >= 0.6 is 11.6 Å². The van der Waals surface area contributed by atoms with Crippen molar-refractivity contribution < 1.29 is 9.90 Å². The molecule has 0 saturated carbocycles. The van der Waals surface area contributed by atoms with Gasteiger partial charge in [0.15, 0.2) is 0 Å². The molecule has 0 aromatic heterocycles. The van der Waals surface area contributed by atoms with E-state index in [9.17, 15) is 9.90 Å². The molecular formula is C16H19ClN4O2. The number of rotatable bonds is 2. The van der Waals surface area contributed by atoms with Crippen LogP contribution in [0.15, 0.2) is 18.2 Å². The van der Waals surface area contributed by atoms with Gasteiger partial charge in [-0.1, -0.05) is 11.6 Å². The smallest absolute Gasteiger partial charge is 0.321 e. The van der Waals surface area contributed by atoms with E-state index >= 15 is 0 Å². The fraction of sp³-hybridized carbons (Fsp3) is 0.500. The molecule has 23 heavy (non-hydrogen) atoms. The zero-order chi connectivity index (χ0) is 16.4. The van der Waals surface area contributed by atoms with E-state index in [-0.39, 0.29) is 12.1 Å². The van der Waals surface area contributed by atoms with Crippen molar-refractivity contribution in [2.75, 3.05) is 31.5 Å². The Labute approximate surface area is 140 Å². The molecule has 2 fully saturated rings. The average molecular weight is 335 g/mol. The van der Waals surface area contributed by atoms with Crippen molar-refractivity contribution in [3.63, 3.8) is 0 Å². The minimum absolute atomic E-state index is 0.0211. The van der Waals surface area contributed by atoms with E-state index in [0.29, 0.717) is 29.4 Å². The molecule has 3 rings (SSSR count). The molecule has 1 aromatic carbocycles. The van der Waals surface area contributed by atoms with Gasteiger partial charge in [-0.3, -0.25) is 4.90 Å². The van der Waals surface area contributed by atoms with Crippen molar-refractivity contribution in [2.45, 2.75) is 25.0 Å². The number of nitrogens with zero attached hydrogens (tertiary/aromatic N) is 3. The highest BCUT2D eigenvalue weighted by molar-refractivity contribution is 6.32. The van der Waals surface area contributed by atoms with Crippen molar-refractivity contribution in [1.82, 2.24) is 9.80 Å². The van der Waals surface area contributed by atoms with Gasteiger partial charge in [0, 0.05) is 12.2 Å². The van der Waals surface area contributed by atoms with E-state index in [1.54, 1.807) is 23.1 Å². The summed E-state index contributed by atoms with van der Waals surface area (Å²) in [6, 6.07) is 6.52. The molecule has 2 saturated heterocycles. The highest BCUT2D eigenvalue weighted by atomic mass is 35.5. The van der Waals surface area contributed by atoms with Gasteiger partial charge < -0.3 is 15.3 Å². The summed E-state index contributed by atoms with van der Waals surface area (Å²) in [5, 5.41) is 22.2. The quantitative estimate of drug-likeness (QED) is 0.865. The maximum Gasteiger partial charge on any atom is 0.321 e. The largest absolute Gasteiger partial charge is 0.390 e. The number of nitriles is 1. The lowest BCUT2D eigenvalue weighted by molar-refractivity contribution is 0.0980. The molecule has 0 radical (unpaired) electrons. The average Bonchev–Trinajstić information content (AvgIpc) is 3.16. The van der Waals surface area contributed by atoms with E-state index in [1.807, 2.05) is 6.07 Å². The highest BCUT2D eigenvalue weighted by Crippen LogP contribution is 2.23. The third-order valence-corrected chi connectivity index (χ3v) is 4.81. The van der Waals surface area contributed by atoms with Gasteiger partial charge in [0.05, 0.1) is 29.3 Å². The second-order valence-electron chi connectivity index (χ2n) is 6.02. The zero-order valence-electron chi connectivity index (χ0n) is 12.7. The van der Waals surface area contributed by atoms with Gasteiger partial charge in [0.1, 0.15) is 6.07 Å². The maximum atomic E-state index is 12.4. The molecule has 6 nitrogen and oxygen atoms in total. The highest BCUT2D eigenvalue weighted by Gasteiger charge is 2.38. The molecule has 0 spiro atoms. The van der Waals surface area contributed by atoms with Crippen molar-refractivity contribution in [1.29, 1.82) is 5.26 Å². The molecule has 2 aliphatic heterocycles. The lowest BCUT2D eigenvalue weighted by Gasteiger charge is -2.25. The lowest BCUT2D eigenvalue weighted by Crippen LogP contribution is -2.41. The van der Waals surface area contributed by atoms with Gasteiger partial charge >= 0.3 is 6.03 Å². The van der Waals surface area contributed by atoms with Crippen molar-refractivity contribution >= 4 is 23.3 Å². The fourth-order valence-electron chi connectivity index (χ4n) is 3.25. The summed E-state index contributed by atoms with van der Waals surface area (Å²) in [5.74, 6) is 0. The van der Waals surface area contributed by atoms with Crippen LogP contribution in [0, 0.1) is 11.3 Å². The third kappa shape index (κ3) is 3.42. The van der Waals surface area contributed by atoms with E-state index in [1.165, 1.54) is 0 Å². The first-order valence-electron chi connectivity index (χ1n) is 7.76. The molecule has 122 valence electrons. The van der Waals surface area contributed by atoms with Crippen LogP contribution in [0.25, 0.3) is 0 Å². The number of benzene rings is 1. The number of urea groups is 1. The summed E-state index contributed by atoms with van der Waals surface area (Å²) >= 11 is 5.97. The van der Waals surface area contributed by atoms with Crippen LogP contribution in [0.4, 0.5) is 10.5 Å². The Morgan fingerprint density at radius 3 is 2.74 bits per heavy atom. The standard InChI is InChI=1S/C16H19ClN4O2/c17-13-7-12(4-3-11(13)8-18)19-16(23)21-9-14(15(22)10-21)20-5-1-2-6-20/h3-4,7,14-15,22H,1-2,5-6,9-10H2,(H,19,23)/t14-,15-/m1/s1. The number of nitrogens with one attached hydrogen (secondary N) is 1. The monoisotopic (exact) mass is 334 g/mol. The maximum absolute atomic E-state index is 12.4. The number of amides is 2. The minimum atomic E-state index is -0.511. The number of hydrogen-bond acceptors (Lipinski definition) is 4. The summed E-state index contributed by atoms with van der Waals surface area (Å²) in [5.41, 5.74) is 0.911. The van der Waals surface area contributed by atoms with Crippen LogP contribution < -0.4 is 5.32 Å². The van der Waals surface area contributed by atoms with Crippen LogP contribution in [0.5, 0.6) is 0 Å². The number of halogens is 1. The molecule has 0 unspecified atom stereocenters. The van der Waals surface area contributed by atoms with Crippen LogP contribution in [-0.4, -0.2) is 59.3 Å². The first-order valence-corrected chi connectivity index (χ1v) is 8.14. The Bertz CT molecular complexity index is 639. The second kappa shape index (κ2) is 6.75. The predicted octanol–water partition coefficient (Wildman–Crippen LogP) is 1.88. The summed E-state index contributed by atoms with van der Waals surface area (Å²) in [4.78, 5) is 16.2. The van der Waals surface area contributed by atoms with E-state index in [2.05, 4.69) is 10.2 Å². The van der Waals surface area contributed by atoms with Crippen molar-refractivity contribution in [2.24, 2.45) is 0 Å². The molecule has 0 aliphatic carbocycles. The number of anilines is 1. The van der Waals surface area contributed by atoms with Gasteiger partial charge in [-0.05, 0) is 44.1 Å². The van der Waals surface area contributed by atoms with Crippen LogP contribution in [0.1, 0.15) is 18.4 Å². The predicted molar refractivity (Wildman–Crippen MR) is 87.4 cm³/mol. The number of likely N-dealkylation sites (tertiary alicyclic amines) is 2. The molecular weight excluding hydrogens is 316 g/mol. The van der Waals surface area contributed by atoms with E-state index < -0.39 is 6.10 Å². The molecule has 2 atom stereocenters.